The predicted molar refractivity (Wildman–Crippen MR) is 104 cm³/mol. The number of carbonyl (C=O) groups is 1. The molecule has 3 heterocycles. The first-order valence-corrected chi connectivity index (χ1v) is 9.78. The molecular weight excluding hydrogens is 344 g/mol. The highest BCUT2D eigenvalue weighted by molar-refractivity contribution is 7.13. The average molecular weight is 366 g/mol. The molecule has 0 radical (unpaired) electrons. The van der Waals surface area contributed by atoms with Gasteiger partial charge in [0.05, 0.1) is 10.6 Å². The number of thiophene rings is 1. The molecule has 2 N–H and O–H groups in total. The molecule has 134 valence electrons. The van der Waals surface area contributed by atoms with Gasteiger partial charge in [0.15, 0.2) is 5.69 Å². The van der Waals surface area contributed by atoms with Crippen molar-refractivity contribution in [3.8, 4) is 10.6 Å². The number of aromatic amines is 1. The summed E-state index contributed by atoms with van der Waals surface area (Å²) in [6, 6.07) is 16.8. The molecule has 2 unspecified atom stereocenters. The molecule has 0 bridgehead atoms. The van der Waals surface area contributed by atoms with Crippen LogP contribution in [0.3, 0.4) is 0 Å². The van der Waals surface area contributed by atoms with Crippen LogP contribution in [0.5, 0.6) is 0 Å². The van der Waals surface area contributed by atoms with Crippen molar-refractivity contribution in [3.05, 3.63) is 65.2 Å². The molecule has 1 aliphatic heterocycles. The molecule has 1 aromatic carbocycles. The fourth-order valence-corrected chi connectivity index (χ4v) is 4.15. The van der Waals surface area contributed by atoms with Crippen LogP contribution >= 0.6 is 11.3 Å². The predicted octanol–water partition coefficient (Wildman–Crippen LogP) is 3.70. The lowest BCUT2D eigenvalue weighted by Crippen LogP contribution is -2.37. The quantitative estimate of drug-likeness (QED) is 0.724. The molecular formula is C20H22N4OS. The molecule has 3 aromatic rings. The maximum atomic E-state index is 12.5. The van der Waals surface area contributed by atoms with Crippen LogP contribution in [0.25, 0.3) is 10.6 Å². The smallest absolute Gasteiger partial charge is 0.272 e. The Labute approximate surface area is 157 Å². The van der Waals surface area contributed by atoms with Gasteiger partial charge in [-0.15, -0.1) is 11.3 Å². The first-order valence-electron chi connectivity index (χ1n) is 8.90. The number of nitrogens with zero attached hydrogens (tertiary/aromatic N) is 2. The third-order valence-electron chi connectivity index (χ3n) is 4.98. The zero-order valence-corrected chi connectivity index (χ0v) is 15.5. The van der Waals surface area contributed by atoms with Gasteiger partial charge in [0, 0.05) is 25.2 Å². The Kier molecular flexibility index (Phi) is 4.86. The number of benzene rings is 1. The Morgan fingerprint density at radius 1 is 1.31 bits per heavy atom. The van der Waals surface area contributed by atoms with Gasteiger partial charge in [0.1, 0.15) is 0 Å². The van der Waals surface area contributed by atoms with E-state index in [4.69, 9.17) is 0 Å². The van der Waals surface area contributed by atoms with E-state index in [1.54, 1.807) is 11.3 Å². The van der Waals surface area contributed by atoms with Crippen molar-refractivity contribution in [1.82, 2.24) is 20.4 Å². The summed E-state index contributed by atoms with van der Waals surface area (Å²) < 4.78 is 0. The highest BCUT2D eigenvalue weighted by Crippen LogP contribution is 2.25. The zero-order chi connectivity index (χ0) is 17.9. The number of carbonyl (C=O) groups excluding carboxylic acids is 1. The second-order valence-electron chi connectivity index (χ2n) is 6.68. The minimum absolute atomic E-state index is 0.108. The number of aromatic nitrogens is 2. The van der Waals surface area contributed by atoms with E-state index < -0.39 is 0 Å². The fraction of sp³-hybridized carbons (Fsp3) is 0.300. The molecule has 1 saturated heterocycles. The Balaban J connectivity index is 1.36. The molecule has 4 rings (SSSR count). The summed E-state index contributed by atoms with van der Waals surface area (Å²) in [6.07, 6.45) is 0.963. The third kappa shape index (κ3) is 3.57. The Morgan fingerprint density at radius 3 is 2.92 bits per heavy atom. The van der Waals surface area contributed by atoms with Crippen LogP contribution in [0, 0.1) is 0 Å². The average Bonchev–Trinajstić information content (AvgIpc) is 3.41. The van der Waals surface area contributed by atoms with E-state index in [1.807, 2.05) is 29.6 Å². The van der Waals surface area contributed by atoms with Gasteiger partial charge in [-0.05, 0) is 36.4 Å². The van der Waals surface area contributed by atoms with Crippen molar-refractivity contribution >= 4 is 17.2 Å². The lowest BCUT2D eigenvalue weighted by Gasteiger charge is -2.24. The third-order valence-corrected chi connectivity index (χ3v) is 5.88. The van der Waals surface area contributed by atoms with Crippen molar-refractivity contribution in [2.45, 2.75) is 25.4 Å². The lowest BCUT2D eigenvalue weighted by atomic mass is 10.1. The van der Waals surface area contributed by atoms with E-state index in [1.165, 1.54) is 5.56 Å². The van der Waals surface area contributed by atoms with Gasteiger partial charge in [0.2, 0.25) is 0 Å². The Hall–Kier alpha value is -2.44. The second-order valence-corrected chi connectivity index (χ2v) is 7.63. The summed E-state index contributed by atoms with van der Waals surface area (Å²) in [5, 5.41) is 12.3. The summed E-state index contributed by atoms with van der Waals surface area (Å²) in [6.45, 7) is 4.08. The number of amides is 1. The molecule has 0 saturated carbocycles. The number of H-pyrrole nitrogens is 1. The summed E-state index contributed by atoms with van der Waals surface area (Å²) in [7, 11) is 0. The van der Waals surface area contributed by atoms with E-state index in [2.05, 4.69) is 51.6 Å². The van der Waals surface area contributed by atoms with Gasteiger partial charge >= 0.3 is 0 Å². The Morgan fingerprint density at radius 2 is 2.15 bits per heavy atom. The van der Waals surface area contributed by atoms with Gasteiger partial charge in [-0.1, -0.05) is 36.4 Å². The number of rotatable bonds is 5. The van der Waals surface area contributed by atoms with Gasteiger partial charge in [-0.3, -0.25) is 14.8 Å². The SMILES string of the molecule is CC(c1ccccc1)N1CCC(NC(=O)c2cc(-c3cccs3)[nH]n2)C1. The molecule has 6 heteroatoms. The van der Waals surface area contributed by atoms with Gasteiger partial charge in [-0.2, -0.15) is 5.10 Å². The molecule has 1 aliphatic rings. The van der Waals surface area contributed by atoms with Gasteiger partial charge < -0.3 is 5.32 Å². The van der Waals surface area contributed by atoms with Crippen LogP contribution in [-0.2, 0) is 0 Å². The monoisotopic (exact) mass is 366 g/mol. The topological polar surface area (TPSA) is 61.0 Å². The number of likely N-dealkylation sites (tertiary alicyclic amines) is 1. The van der Waals surface area contributed by atoms with E-state index in [0.717, 1.165) is 30.1 Å². The van der Waals surface area contributed by atoms with Gasteiger partial charge in [0.25, 0.3) is 5.91 Å². The molecule has 0 spiro atoms. The van der Waals surface area contributed by atoms with Crippen molar-refractivity contribution in [2.24, 2.45) is 0 Å². The maximum absolute atomic E-state index is 12.5. The molecule has 2 aromatic heterocycles. The minimum Gasteiger partial charge on any atom is -0.347 e. The fourth-order valence-electron chi connectivity index (χ4n) is 3.45. The summed E-state index contributed by atoms with van der Waals surface area (Å²) in [5.74, 6) is -0.108. The lowest BCUT2D eigenvalue weighted by molar-refractivity contribution is 0.0931. The highest BCUT2D eigenvalue weighted by Gasteiger charge is 2.28. The standard InChI is InChI=1S/C20H22N4OS/c1-14(15-6-3-2-4-7-15)24-10-9-16(13-24)21-20(25)18-12-17(22-23-18)19-8-5-11-26-19/h2-8,11-12,14,16H,9-10,13H2,1H3,(H,21,25)(H,22,23). The zero-order valence-electron chi connectivity index (χ0n) is 14.7. The normalized spacial score (nSPS) is 18.7. The van der Waals surface area contributed by atoms with Crippen molar-refractivity contribution in [1.29, 1.82) is 0 Å². The van der Waals surface area contributed by atoms with Crippen LogP contribution in [0.15, 0.2) is 53.9 Å². The molecule has 26 heavy (non-hydrogen) atoms. The molecule has 5 nitrogen and oxygen atoms in total. The van der Waals surface area contributed by atoms with Crippen molar-refractivity contribution in [3.63, 3.8) is 0 Å². The van der Waals surface area contributed by atoms with Crippen LogP contribution < -0.4 is 5.32 Å². The largest absolute Gasteiger partial charge is 0.347 e. The maximum Gasteiger partial charge on any atom is 0.272 e. The molecule has 1 amide bonds. The molecule has 2 atom stereocenters. The van der Waals surface area contributed by atoms with Crippen LogP contribution in [-0.4, -0.2) is 40.1 Å². The highest BCUT2D eigenvalue weighted by atomic mass is 32.1. The molecule has 0 aliphatic carbocycles. The second kappa shape index (κ2) is 7.43. The van der Waals surface area contributed by atoms with Gasteiger partial charge in [-0.25, -0.2) is 0 Å². The molecule has 1 fully saturated rings. The van der Waals surface area contributed by atoms with E-state index in [0.29, 0.717) is 11.7 Å². The minimum atomic E-state index is -0.108. The van der Waals surface area contributed by atoms with Crippen molar-refractivity contribution in [2.75, 3.05) is 13.1 Å². The van der Waals surface area contributed by atoms with E-state index >= 15 is 0 Å². The summed E-state index contributed by atoms with van der Waals surface area (Å²) in [5.41, 5.74) is 2.64. The van der Waals surface area contributed by atoms with Crippen LogP contribution in [0.1, 0.15) is 35.4 Å². The number of hydrogen-bond acceptors (Lipinski definition) is 4. The van der Waals surface area contributed by atoms with Crippen LogP contribution in [0.4, 0.5) is 0 Å². The number of hydrogen-bond donors (Lipinski definition) is 2. The summed E-state index contributed by atoms with van der Waals surface area (Å²) in [4.78, 5) is 16.0. The van der Waals surface area contributed by atoms with E-state index in [-0.39, 0.29) is 11.9 Å². The first kappa shape index (κ1) is 17.0. The van der Waals surface area contributed by atoms with E-state index in [9.17, 15) is 4.79 Å². The first-order chi connectivity index (χ1) is 12.7. The summed E-state index contributed by atoms with van der Waals surface area (Å²) >= 11 is 1.63. The Bertz CT molecular complexity index is 859. The van der Waals surface area contributed by atoms with Crippen LogP contribution in [0.2, 0.25) is 0 Å². The number of nitrogens with one attached hydrogen (secondary N) is 2. The van der Waals surface area contributed by atoms with Crippen molar-refractivity contribution < 1.29 is 4.79 Å².